The fraction of sp³-hybridized carbons (Fsp3) is 0.929. The number of hydrogen-bond acceptors (Lipinski definition) is 2. The molecule has 1 saturated heterocycles. The van der Waals surface area contributed by atoms with E-state index in [2.05, 4.69) is 17.1 Å². The first kappa shape index (κ1) is 12.9. The fourth-order valence-corrected chi connectivity index (χ4v) is 3.07. The molecule has 98 valence electrons. The van der Waals surface area contributed by atoms with Gasteiger partial charge in [-0.25, -0.2) is 0 Å². The van der Waals surface area contributed by atoms with E-state index in [1.807, 2.05) is 0 Å². The predicted molar refractivity (Wildman–Crippen MR) is 69.9 cm³/mol. The lowest BCUT2D eigenvalue weighted by Gasteiger charge is -2.26. The molecule has 0 spiro atoms. The van der Waals surface area contributed by atoms with Gasteiger partial charge in [-0.15, -0.1) is 0 Å². The number of nitrogens with zero attached hydrogens (tertiary/aromatic N) is 1. The van der Waals surface area contributed by atoms with E-state index in [-0.39, 0.29) is 0 Å². The van der Waals surface area contributed by atoms with Crippen LogP contribution in [0.4, 0.5) is 0 Å². The largest absolute Gasteiger partial charge is 0.354 e. The predicted octanol–water partition coefficient (Wildman–Crippen LogP) is 2.17. The number of carbonyl (C=O) groups is 1. The van der Waals surface area contributed by atoms with Crippen LogP contribution < -0.4 is 5.32 Å². The summed E-state index contributed by atoms with van der Waals surface area (Å²) in [4.78, 5) is 14.5. The average Bonchev–Trinajstić information content (AvgIpc) is 2.90. The summed E-state index contributed by atoms with van der Waals surface area (Å²) in [5, 5.41) is 3.15. The summed E-state index contributed by atoms with van der Waals surface area (Å²) < 4.78 is 0. The number of hydrogen-bond donors (Lipinski definition) is 1. The van der Waals surface area contributed by atoms with Crippen LogP contribution in [-0.2, 0) is 4.79 Å². The Kier molecular flexibility index (Phi) is 4.84. The van der Waals surface area contributed by atoms with E-state index < -0.39 is 0 Å². The monoisotopic (exact) mass is 238 g/mol. The van der Waals surface area contributed by atoms with Gasteiger partial charge in [-0.2, -0.15) is 0 Å². The van der Waals surface area contributed by atoms with Crippen molar-refractivity contribution < 1.29 is 4.79 Å². The van der Waals surface area contributed by atoms with E-state index in [0.717, 1.165) is 19.4 Å². The molecule has 17 heavy (non-hydrogen) atoms. The highest BCUT2D eigenvalue weighted by Crippen LogP contribution is 2.23. The minimum Gasteiger partial charge on any atom is -0.354 e. The maximum absolute atomic E-state index is 12.0. The third kappa shape index (κ3) is 3.70. The number of carbonyl (C=O) groups excluding carboxylic acids is 1. The first-order chi connectivity index (χ1) is 8.27. The van der Waals surface area contributed by atoms with Gasteiger partial charge in [0, 0.05) is 18.5 Å². The van der Waals surface area contributed by atoms with E-state index in [4.69, 9.17) is 0 Å². The zero-order valence-electron chi connectivity index (χ0n) is 11.1. The molecule has 1 N–H and O–H groups in total. The van der Waals surface area contributed by atoms with Crippen LogP contribution in [0.25, 0.3) is 0 Å². The molecule has 2 aliphatic rings. The molecule has 2 rings (SSSR count). The second-order valence-electron chi connectivity index (χ2n) is 5.67. The second kappa shape index (κ2) is 6.39. The molecule has 0 aromatic heterocycles. The molecule has 0 bridgehead atoms. The van der Waals surface area contributed by atoms with Crippen LogP contribution in [0.2, 0.25) is 0 Å². The van der Waals surface area contributed by atoms with E-state index in [1.54, 1.807) is 0 Å². The molecular weight excluding hydrogens is 212 g/mol. The van der Waals surface area contributed by atoms with Crippen molar-refractivity contribution in [2.45, 2.75) is 57.9 Å². The van der Waals surface area contributed by atoms with Crippen molar-refractivity contribution in [2.75, 3.05) is 19.6 Å². The Morgan fingerprint density at radius 1 is 1.18 bits per heavy atom. The van der Waals surface area contributed by atoms with Gasteiger partial charge in [0.2, 0.25) is 5.91 Å². The maximum atomic E-state index is 12.0. The normalized spacial score (nSPS) is 24.8. The van der Waals surface area contributed by atoms with Crippen LogP contribution >= 0.6 is 0 Å². The van der Waals surface area contributed by atoms with E-state index >= 15 is 0 Å². The van der Waals surface area contributed by atoms with Crippen LogP contribution in [0.3, 0.4) is 0 Å². The summed E-state index contributed by atoms with van der Waals surface area (Å²) in [6.45, 7) is 5.47. The van der Waals surface area contributed by atoms with Crippen LogP contribution in [-0.4, -0.2) is 36.5 Å². The molecule has 1 amide bonds. The van der Waals surface area contributed by atoms with Gasteiger partial charge in [0.05, 0.1) is 0 Å². The third-order valence-corrected chi connectivity index (χ3v) is 4.31. The van der Waals surface area contributed by atoms with Crippen molar-refractivity contribution in [3.63, 3.8) is 0 Å². The Hall–Kier alpha value is -0.570. The number of amides is 1. The van der Waals surface area contributed by atoms with Gasteiger partial charge in [-0.05, 0) is 45.7 Å². The van der Waals surface area contributed by atoms with Gasteiger partial charge in [0.1, 0.15) is 0 Å². The fourth-order valence-electron chi connectivity index (χ4n) is 3.07. The average molecular weight is 238 g/mol. The summed E-state index contributed by atoms with van der Waals surface area (Å²) in [5.41, 5.74) is 0. The second-order valence-corrected chi connectivity index (χ2v) is 5.67. The Morgan fingerprint density at radius 2 is 1.82 bits per heavy atom. The van der Waals surface area contributed by atoms with Crippen molar-refractivity contribution in [3.8, 4) is 0 Å². The van der Waals surface area contributed by atoms with Crippen molar-refractivity contribution in [1.29, 1.82) is 0 Å². The van der Waals surface area contributed by atoms with E-state index in [9.17, 15) is 4.79 Å². The molecule has 0 unspecified atom stereocenters. The van der Waals surface area contributed by atoms with Crippen molar-refractivity contribution in [2.24, 2.45) is 5.92 Å². The van der Waals surface area contributed by atoms with Crippen molar-refractivity contribution in [1.82, 2.24) is 10.2 Å². The number of nitrogens with one attached hydrogen (secondary N) is 1. The van der Waals surface area contributed by atoms with E-state index in [0.29, 0.717) is 17.9 Å². The van der Waals surface area contributed by atoms with Gasteiger partial charge in [-0.3, -0.25) is 9.69 Å². The van der Waals surface area contributed by atoms with Crippen LogP contribution in [0.1, 0.15) is 51.9 Å². The highest BCUT2D eigenvalue weighted by Gasteiger charge is 2.23. The highest BCUT2D eigenvalue weighted by atomic mass is 16.1. The lowest BCUT2D eigenvalue weighted by molar-refractivity contribution is -0.126. The van der Waals surface area contributed by atoms with Crippen LogP contribution in [0, 0.1) is 5.92 Å². The van der Waals surface area contributed by atoms with Crippen LogP contribution in [0.5, 0.6) is 0 Å². The third-order valence-electron chi connectivity index (χ3n) is 4.31. The zero-order chi connectivity index (χ0) is 12.1. The molecule has 1 heterocycles. The molecule has 3 nitrogen and oxygen atoms in total. The topological polar surface area (TPSA) is 32.3 Å². The first-order valence-electron chi connectivity index (χ1n) is 7.29. The first-order valence-corrected chi connectivity index (χ1v) is 7.29. The molecule has 0 radical (unpaired) electrons. The number of likely N-dealkylation sites (tertiary alicyclic amines) is 1. The van der Waals surface area contributed by atoms with Crippen molar-refractivity contribution >= 4 is 5.91 Å². The lowest BCUT2D eigenvalue weighted by atomic mass is 9.88. The van der Waals surface area contributed by atoms with Gasteiger partial charge in [0.25, 0.3) is 0 Å². The molecule has 1 aliphatic carbocycles. The Bertz CT molecular complexity index is 243. The molecule has 0 aromatic rings. The maximum Gasteiger partial charge on any atom is 0.223 e. The zero-order valence-corrected chi connectivity index (χ0v) is 11.1. The van der Waals surface area contributed by atoms with Gasteiger partial charge in [0.15, 0.2) is 0 Å². The van der Waals surface area contributed by atoms with Crippen molar-refractivity contribution in [3.05, 3.63) is 0 Å². The van der Waals surface area contributed by atoms with Gasteiger partial charge < -0.3 is 5.32 Å². The summed E-state index contributed by atoms with van der Waals surface area (Å²) in [6.07, 6.45) is 8.63. The van der Waals surface area contributed by atoms with E-state index in [1.165, 1.54) is 45.2 Å². The molecular formula is C14H26N2O. The molecule has 3 heteroatoms. The minimum absolute atomic E-state index is 0.300. The standard InChI is InChI=1S/C14H26N2O/c1-12(16-9-5-6-10-16)11-15-14(17)13-7-3-2-4-8-13/h12-13H,2-11H2,1H3,(H,15,17)/t12-/m0/s1. The lowest BCUT2D eigenvalue weighted by Crippen LogP contribution is -2.42. The Morgan fingerprint density at radius 3 is 2.47 bits per heavy atom. The Balaban J connectivity index is 1.67. The summed E-state index contributed by atoms with van der Waals surface area (Å²) in [6, 6.07) is 0.505. The molecule has 1 aliphatic heterocycles. The molecule has 1 saturated carbocycles. The SMILES string of the molecule is C[C@@H](CNC(=O)C1CCCCC1)N1CCCC1. The molecule has 2 fully saturated rings. The molecule has 1 atom stereocenters. The van der Waals surface area contributed by atoms with Crippen LogP contribution in [0.15, 0.2) is 0 Å². The van der Waals surface area contributed by atoms with Gasteiger partial charge >= 0.3 is 0 Å². The highest BCUT2D eigenvalue weighted by molar-refractivity contribution is 5.78. The van der Waals surface area contributed by atoms with Gasteiger partial charge in [-0.1, -0.05) is 19.3 Å². The summed E-state index contributed by atoms with van der Waals surface area (Å²) >= 11 is 0. The quantitative estimate of drug-likeness (QED) is 0.814. The number of rotatable bonds is 4. The smallest absolute Gasteiger partial charge is 0.223 e. The summed E-state index contributed by atoms with van der Waals surface area (Å²) in [7, 11) is 0. The minimum atomic E-state index is 0.300. The Labute approximate surface area is 105 Å². The summed E-state index contributed by atoms with van der Waals surface area (Å²) in [5.74, 6) is 0.602. The molecule has 0 aromatic carbocycles.